The fourth-order valence-corrected chi connectivity index (χ4v) is 2.34. The molecule has 0 heterocycles. The Bertz CT molecular complexity index is 343. The molecule has 0 spiro atoms. The summed E-state index contributed by atoms with van der Waals surface area (Å²) in [7, 11) is 0. The number of rotatable bonds is 8. The summed E-state index contributed by atoms with van der Waals surface area (Å²) in [6.07, 6.45) is 6.41. The average molecular weight is 247 g/mol. The molecule has 1 aromatic carbocycles. The van der Waals surface area contributed by atoms with Crippen molar-refractivity contribution in [3.8, 4) is 0 Å². The van der Waals surface area contributed by atoms with Crippen molar-refractivity contribution in [2.45, 2.75) is 59.8 Å². The number of hydrogen-bond acceptors (Lipinski definition) is 1. The van der Waals surface area contributed by atoms with Gasteiger partial charge in [-0.3, -0.25) is 0 Å². The molecule has 0 radical (unpaired) electrons. The lowest BCUT2D eigenvalue weighted by molar-refractivity contribution is 0.472. The highest BCUT2D eigenvalue weighted by molar-refractivity contribution is 5.52. The molecule has 0 aliphatic rings. The highest BCUT2D eigenvalue weighted by Crippen LogP contribution is 2.19. The first-order valence-corrected chi connectivity index (χ1v) is 7.54. The van der Waals surface area contributed by atoms with Crippen LogP contribution in [-0.2, 0) is 6.42 Å². The molecule has 0 aromatic heterocycles. The number of nitrogens with one attached hydrogen (secondary N) is 1. The Morgan fingerprint density at radius 2 is 1.94 bits per heavy atom. The van der Waals surface area contributed by atoms with Crippen molar-refractivity contribution in [3.63, 3.8) is 0 Å². The fraction of sp³-hybridized carbons (Fsp3) is 0.647. The Kier molecular flexibility index (Phi) is 6.85. The normalized spacial score (nSPS) is 12.4. The molecule has 102 valence electrons. The van der Waals surface area contributed by atoms with Gasteiger partial charge in [0.1, 0.15) is 0 Å². The summed E-state index contributed by atoms with van der Waals surface area (Å²) in [5, 5.41) is 3.62. The summed E-state index contributed by atoms with van der Waals surface area (Å²) in [4.78, 5) is 0. The molecule has 1 heteroatoms. The first-order valence-electron chi connectivity index (χ1n) is 7.54. The van der Waals surface area contributed by atoms with E-state index in [0.29, 0.717) is 0 Å². The van der Waals surface area contributed by atoms with E-state index in [1.807, 2.05) is 0 Å². The highest BCUT2D eigenvalue weighted by atomic mass is 14.9. The van der Waals surface area contributed by atoms with E-state index in [1.165, 1.54) is 42.5 Å². The van der Waals surface area contributed by atoms with E-state index >= 15 is 0 Å². The second-order valence-electron chi connectivity index (χ2n) is 5.30. The molecule has 18 heavy (non-hydrogen) atoms. The third kappa shape index (κ3) is 4.72. The van der Waals surface area contributed by atoms with Crippen LogP contribution in [0.3, 0.4) is 0 Å². The van der Waals surface area contributed by atoms with Crippen molar-refractivity contribution in [2.24, 2.45) is 5.92 Å². The number of unbranched alkanes of at least 4 members (excludes halogenated alkanes) is 1. The lowest BCUT2D eigenvalue weighted by atomic mass is 9.99. The number of anilines is 1. The predicted molar refractivity (Wildman–Crippen MR) is 82.4 cm³/mol. The zero-order valence-electron chi connectivity index (χ0n) is 12.6. The maximum Gasteiger partial charge on any atom is 0.0370 e. The number of benzene rings is 1. The zero-order valence-corrected chi connectivity index (χ0v) is 12.6. The van der Waals surface area contributed by atoms with Crippen LogP contribution in [0.4, 0.5) is 5.69 Å². The van der Waals surface area contributed by atoms with Crippen LogP contribution in [0.1, 0.15) is 57.6 Å². The van der Waals surface area contributed by atoms with Crippen LogP contribution in [0, 0.1) is 12.8 Å². The lowest BCUT2D eigenvalue weighted by Gasteiger charge is -2.17. The van der Waals surface area contributed by atoms with Crippen molar-refractivity contribution in [1.29, 1.82) is 0 Å². The van der Waals surface area contributed by atoms with Gasteiger partial charge in [0, 0.05) is 12.2 Å². The summed E-state index contributed by atoms with van der Waals surface area (Å²) in [6, 6.07) is 6.78. The van der Waals surface area contributed by atoms with Gasteiger partial charge in [0.15, 0.2) is 0 Å². The van der Waals surface area contributed by atoms with E-state index in [1.54, 1.807) is 0 Å². The molecule has 1 aromatic rings. The van der Waals surface area contributed by atoms with Gasteiger partial charge in [-0.2, -0.15) is 0 Å². The smallest absolute Gasteiger partial charge is 0.0370 e. The molecule has 0 bridgehead atoms. The molecule has 1 nitrogen and oxygen atoms in total. The summed E-state index contributed by atoms with van der Waals surface area (Å²) in [5.74, 6) is 0.815. The quantitative estimate of drug-likeness (QED) is 0.667. The molecular formula is C17H29N. The van der Waals surface area contributed by atoms with Crippen molar-refractivity contribution in [2.75, 3.05) is 11.9 Å². The Morgan fingerprint density at radius 3 is 2.50 bits per heavy atom. The van der Waals surface area contributed by atoms with Crippen molar-refractivity contribution < 1.29 is 0 Å². The van der Waals surface area contributed by atoms with Crippen molar-refractivity contribution in [3.05, 3.63) is 29.3 Å². The largest absolute Gasteiger partial charge is 0.385 e. The third-order valence-corrected chi connectivity index (χ3v) is 3.82. The van der Waals surface area contributed by atoms with Gasteiger partial charge in [0.25, 0.3) is 0 Å². The van der Waals surface area contributed by atoms with Crippen LogP contribution in [-0.4, -0.2) is 6.54 Å². The maximum atomic E-state index is 3.62. The van der Waals surface area contributed by atoms with Crippen LogP contribution >= 0.6 is 0 Å². The van der Waals surface area contributed by atoms with Gasteiger partial charge in [-0.25, -0.2) is 0 Å². The minimum atomic E-state index is 0.815. The molecule has 0 fully saturated rings. The second-order valence-corrected chi connectivity index (χ2v) is 5.30. The first kappa shape index (κ1) is 15.1. The molecular weight excluding hydrogens is 218 g/mol. The number of hydrogen-bond donors (Lipinski definition) is 1. The maximum absolute atomic E-state index is 3.62. The summed E-state index contributed by atoms with van der Waals surface area (Å²) in [6.45, 7) is 10.1. The van der Waals surface area contributed by atoms with Crippen LogP contribution in [0.2, 0.25) is 0 Å². The Balaban J connectivity index is 2.51. The second kappa shape index (κ2) is 8.18. The van der Waals surface area contributed by atoms with E-state index in [9.17, 15) is 0 Å². The van der Waals surface area contributed by atoms with Gasteiger partial charge < -0.3 is 5.32 Å². The van der Waals surface area contributed by atoms with Crippen LogP contribution in [0.15, 0.2) is 18.2 Å². The van der Waals surface area contributed by atoms with Crippen molar-refractivity contribution in [1.82, 2.24) is 0 Å². The molecule has 1 N–H and O–H groups in total. The zero-order chi connectivity index (χ0) is 13.4. The van der Waals surface area contributed by atoms with Gasteiger partial charge in [0.2, 0.25) is 0 Å². The molecule has 0 amide bonds. The van der Waals surface area contributed by atoms with E-state index in [2.05, 4.69) is 51.2 Å². The fourth-order valence-electron chi connectivity index (χ4n) is 2.34. The highest BCUT2D eigenvalue weighted by Gasteiger charge is 2.06. The van der Waals surface area contributed by atoms with Crippen LogP contribution in [0.25, 0.3) is 0 Å². The minimum absolute atomic E-state index is 0.815. The molecule has 0 saturated heterocycles. The van der Waals surface area contributed by atoms with Gasteiger partial charge in [-0.05, 0) is 42.9 Å². The van der Waals surface area contributed by atoms with E-state index < -0.39 is 0 Å². The Labute approximate surface area is 113 Å². The molecule has 1 rings (SSSR count). The standard InChI is InChI=1S/C17H29N/c1-5-8-9-16(7-3)13-18-17-11-10-15(6-2)12-14(17)4/h10-12,16,18H,5-9,13H2,1-4H3. The summed E-state index contributed by atoms with van der Waals surface area (Å²) < 4.78 is 0. The summed E-state index contributed by atoms with van der Waals surface area (Å²) in [5.41, 5.74) is 4.11. The third-order valence-electron chi connectivity index (χ3n) is 3.82. The van der Waals surface area contributed by atoms with Crippen molar-refractivity contribution >= 4 is 5.69 Å². The average Bonchev–Trinajstić information content (AvgIpc) is 2.40. The SMILES string of the molecule is CCCCC(CC)CNc1ccc(CC)cc1C. The van der Waals surface area contributed by atoms with Crippen LogP contribution < -0.4 is 5.32 Å². The molecule has 1 atom stereocenters. The number of aryl methyl sites for hydroxylation is 2. The first-order chi connectivity index (χ1) is 8.71. The Hall–Kier alpha value is -0.980. The lowest BCUT2D eigenvalue weighted by Crippen LogP contribution is -2.14. The monoisotopic (exact) mass is 247 g/mol. The van der Waals surface area contributed by atoms with Gasteiger partial charge >= 0.3 is 0 Å². The van der Waals surface area contributed by atoms with Gasteiger partial charge in [0.05, 0.1) is 0 Å². The molecule has 0 saturated carbocycles. The predicted octanol–water partition coefficient (Wildman–Crippen LogP) is 5.19. The molecule has 0 aliphatic heterocycles. The topological polar surface area (TPSA) is 12.0 Å². The van der Waals surface area contributed by atoms with Crippen LogP contribution in [0.5, 0.6) is 0 Å². The molecule has 0 aliphatic carbocycles. The van der Waals surface area contributed by atoms with Gasteiger partial charge in [-0.1, -0.05) is 52.2 Å². The van der Waals surface area contributed by atoms with E-state index in [4.69, 9.17) is 0 Å². The Morgan fingerprint density at radius 1 is 1.17 bits per heavy atom. The van der Waals surface area contributed by atoms with Gasteiger partial charge in [-0.15, -0.1) is 0 Å². The van der Waals surface area contributed by atoms with E-state index in [0.717, 1.165) is 18.9 Å². The summed E-state index contributed by atoms with van der Waals surface area (Å²) >= 11 is 0. The minimum Gasteiger partial charge on any atom is -0.385 e. The van der Waals surface area contributed by atoms with E-state index in [-0.39, 0.29) is 0 Å². The molecule has 1 unspecified atom stereocenters.